The number of hydrogen-bond donors (Lipinski definition) is 2. The Morgan fingerprint density at radius 2 is 1.67 bits per heavy atom. The Morgan fingerprint density at radius 3 is 2.27 bits per heavy atom. The van der Waals surface area contributed by atoms with Crippen LogP contribution in [-0.2, 0) is 14.2 Å². The van der Waals surface area contributed by atoms with E-state index in [1.54, 1.807) is 6.92 Å². The van der Waals surface area contributed by atoms with Crippen molar-refractivity contribution in [2.75, 3.05) is 39.6 Å². The first-order valence-corrected chi connectivity index (χ1v) is 5.23. The molecule has 2 N–H and O–H groups in total. The van der Waals surface area contributed by atoms with Crippen LogP contribution in [0.3, 0.4) is 0 Å². The van der Waals surface area contributed by atoms with Gasteiger partial charge in [0.2, 0.25) is 0 Å². The van der Waals surface area contributed by atoms with E-state index in [-0.39, 0.29) is 25.4 Å². The SMILES string of the molecule is CC(CO)OCC(C)OCCOCCO. The van der Waals surface area contributed by atoms with Crippen LogP contribution < -0.4 is 0 Å². The first-order chi connectivity index (χ1) is 7.20. The van der Waals surface area contributed by atoms with Gasteiger partial charge in [-0.05, 0) is 13.8 Å². The summed E-state index contributed by atoms with van der Waals surface area (Å²) in [7, 11) is 0. The Hall–Kier alpha value is -0.200. The van der Waals surface area contributed by atoms with Crippen molar-refractivity contribution in [3.8, 4) is 0 Å². The molecule has 5 nitrogen and oxygen atoms in total. The van der Waals surface area contributed by atoms with E-state index in [0.717, 1.165) is 0 Å². The number of rotatable bonds is 10. The summed E-state index contributed by atoms with van der Waals surface area (Å²) in [6, 6.07) is 0. The molecule has 0 aromatic carbocycles. The average Bonchev–Trinajstić information content (AvgIpc) is 2.25. The third-order valence-corrected chi connectivity index (χ3v) is 1.74. The quantitative estimate of drug-likeness (QED) is 0.501. The summed E-state index contributed by atoms with van der Waals surface area (Å²) in [5.74, 6) is 0. The molecular formula is C10H22O5. The highest BCUT2D eigenvalue weighted by atomic mass is 16.6. The predicted molar refractivity (Wildman–Crippen MR) is 55.8 cm³/mol. The van der Waals surface area contributed by atoms with Crippen LogP contribution in [0.1, 0.15) is 13.8 Å². The van der Waals surface area contributed by atoms with E-state index in [4.69, 9.17) is 24.4 Å². The largest absolute Gasteiger partial charge is 0.394 e. The molecule has 0 aliphatic carbocycles. The maximum atomic E-state index is 8.71. The fraction of sp³-hybridized carbons (Fsp3) is 1.00. The number of aliphatic hydroxyl groups excluding tert-OH is 2. The Labute approximate surface area is 91.0 Å². The van der Waals surface area contributed by atoms with Crippen molar-refractivity contribution in [2.24, 2.45) is 0 Å². The van der Waals surface area contributed by atoms with Gasteiger partial charge in [0.25, 0.3) is 0 Å². The summed E-state index contributed by atoms with van der Waals surface area (Å²) in [5, 5.41) is 17.1. The van der Waals surface area contributed by atoms with Crippen LogP contribution in [0.25, 0.3) is 0 Å². The molecule has 0 saturated carbocycles. The number of aliphatic hydroxyl groups is 2. The molecule has 0 aliphatic heterocycles. The lowest BCUT2D eigenvalue weighted by Crippen LogP contribution is -2.23. The standard InChI is InChI=1S/C10H22O5/c1-9(7-12)15-8-10(2)14-6-5-13-4-3-11/h9-12H,3-8H2,1-2H3. The van der Waals surface area contributed by atoms with Gasteiger partial charge in [-0.1, -0.05) is 0 Å². The molecule has 0 fully saturated rings. The average molecular weight is 222 g/mol. The zero-order valence-electron chi connectivity index (χ0n) is 9.52. The van der Waals surface area contributed by atoms with Gasteiger partial charge in [0.15, 0.2) is 0 Å². The van der Waals surface area contributed by atoms with Gasteiger partial charge in [-0.15, -0.1) is 0 Å². The monoisotopic (exact) mass is 222 g/mol. The molecule has 0 spiro atoms. The Kier molecular flexibility index (Phi) is 10.2. The number of hydrogen-bond acceptors (Lipinski definition) is 5. The Balaban J connectivity index is 3.21. The van der Waals surface area contributed by atoms with Crippen molar-refractivity contribution in [1.82, 2.24) is 0 Å². The van der Waals surface area contributed by atoms with Crippen LogP contribution in [0, 0.1) is 0 Å². The minimum Gasteiger partial charge on any atom is -0.394 e. The predicted octanol–water partition coefficient (Wildman–Crippen LogP) is -0.202. The maximum absolute atomic E-state index is 8.71. The van der Waals surface area contributed by atoms with Crippen molar-refractivity contribution in [1.29, 1.82) is 0 Å². The van der Waals surface area contributed by atoms with E-state index in [9.17, 15) is 0 Å². The molecule has 5 heteroatoms. The summed E-state index contributed by atoms with van der Waals surface area (Å²) >= 11 is 0. The first kappa shape index (κ1) is 14.8. The third kappa shape index (κ3) is 10.1. The maximum Gasteiger partial charge on any atom is 0.0781 e. The van der Waals surface area contributed by atoms with Gasteiger partial charge in [0, 0.05) is 0 Å². The van der Waals surface area contributed by atoms with E-state index >= 15 is 0 Å². The summed E-state index contributed by atoms with van der Waals surface area (Å²) in [6.45, 7) is 5.52. The zero-order chi connectivity index (χ0) is 11.5. The van der Waals surface area contributed by atoms with E-state index in [2.05, 4.69) is 0 Å². The zero-order valence-corrected chi connectivity index (χ0v) is 9.52. The van der Waals surface area contributed by atoms with E-state index in [0.29, 0.717) is 26.4 Å². The topological polar surface area (TPSA) is 68.2 Å². The first-order valence-electron chi connectivity index (χ1n) is 5.23. The molecule has 0 saturated heterocycles. The summed E-state index contributed by atoms with van der Waals surface area (Å²) in [4.78, 5) is 0. The van der Waals surface area contributed by atoms with E-state index in [1.807, 2.05) is 6.92 Å². The molecule has 0 heterocycles. The van der Waals surface area contributed by atoms with E-state index < -0.39 is 0 Å². The van der Waals surface area contributed by atoms with Crippen molar-refractivity contribution < 1.29 is 24.4 Å². The van der Waals surface area contributed by atoms with Crippen LogP contribution in [0.15, 0.2) is 0 Å². The third-order valence-electron chi connectivity index (χ3n) is 1.74. The molecule has 0 radical (unpaired) electrons. The summed E-state index contributed by atoms with van der Waals surface area (Å²) in [5.41, 5.74) is 0. The fourth-order valence-corrected chi connectivity index (χ4v) is 0.875. The molecule has 15 heavy (non-hydrogen) atoms. The second-order valence-corrected chi connectivity index (χ2v) is 3.34. The van der Waals surface area contributed by atoms with Gasteiger partial charge in [-0.2, -0.15) is 0 Å². The second kappa shape index (κ2) is 10.3. The molecule has 2 atom stereocenters. The highest BCUT2D eigenvalue weighted by Gasteiger charge is 2.05. The molecule has 0 rings (SSSR count). The normalized spacial score (nSPS) is 15.2. The molecular weight excluding hydrogens is 200 g/mol. The minimum atomic E-state index is -0.151. The van der Waals surface area contributed by atoms with Gasteiger partial charge in [-0.3, -0.25) is 0 Å². The molecule has 0 bridgehead atoms. The summed E-state index contributed by atoms with van der Waals surface area (Å²) in [6.07, 6.45) is -0.168. The molecule has 0 amide bonds. The fourth-order valence-electron chi connectivity index (χ4n) is 0.875. The van der Waals surface area contributed by atoms with Gasteiger partial charge < -0.3 is 24.4 Å². The molecule has 2 unspecified atom stereocenters. The molecule has 0 aliphatic rings. The van der Waals surface area contributed by atoms with Gasteiger partial charge in [0.1, 0.15) is 0 Å². The smallest absolute Gasteiger partial charge is 0.0781 e. The van der Waals surface area contributed by atoms with Crippen LogP contribution >= 0.6 is 0 Å². The van der Waals surface area contributed by atoms with Crippen LogP contribution in [0.5, 0.6) is 0 Å². The second-order valence-electron chi connectivity index (χ2n) is 3.34. The van der Waals surface area contributed by atoms with Crippen molar-refractivity contribution in [3.05, 3.63) is 0 Å². The van der Waals surface area contributed by atoms with Gasteiger partial charge in [-0.25, -0.2) is 0 Å². The lowest BCUT2D eigenvalue weighted by atomic mass is 10.4. The minimum absolute atomic E-state index is 0.0169. The summed E-state index contributed by atoms with van der Waals surface area (Å²) < 4.78 is 15.7. The number of ether oxygens (including phenoxy) is 3. The van der Waals surface area contributed by atoms with Crippen molar-refractivity contribution in [2.45, 2.75) is 26.1 Å². The lowest BCUT2D eigenvalue weighted by molar-refractivity contribution is -0.0585. The van der Waals surface area contributed by atoms with Crippen LogP contribution in [0.2, 0.25) is 0 Å². The molecule has 0 aromatic heterocycles. The lowest BCUT2D eigenvalue weighted by Gasteiger charge is -2.16. The van der Waals surface area contributed by atoms with Crippen molar-refractivity contribution >= 4 is 0 Å². The molecule has 0 aromatic rings. The van der Waals surface area contributed by atoms with Crippen LogP contribution in [-0.4, -0.2) is 62.1 Å². The Bertz CT molecular complexity index is 131. The highest BCUT2D eigenvalue weighted by Crippen LogP contribution is 1.96. The van der Waals surface area contributed by atoms with Gasteiger partial charge >= 0.3 is 0 Å². The van der Waals surface area contributed by atoms with Gasteiger partial charge in [0.05, 0.1) is 51.8 Å². The van der Waals surface area contributed by atoms with Crippen LogP contribution in [0.4, 0.5) is 0 Å². The van der Waals surface area contributed by atoms with Crippen molar-refractivity contribution in [3.63, 3.8) is 0 Å². The van der Waals surface area contributed by atoms with E-state index in [1.165, 1.54) is 0 Å². The Morgan fingerprint density at radius 1 is 0.933 bits per heavy atom. The highest BCUT2D eigenvalue weighted by molar-refractivity contribution is 4.51. The molecule has 92 valence electrons.